The smallest absolute Gasteiger partial charge is 0.308 e. The second-order valence-corrected chi connectivity index (χ2v) is 9.56. The van der Waals surface area contributed by atoms with Gasteiger partial charge in [-0.3, -0.25) is 14.9 Å². The van der Waals surface area contributed by atoms with Gasteiger partial charge in [-0.15, -0.1) is 0 Å². The van der Waals surface area contributed by atoms with E-state index in [0.29, 0.717) is 28.5 Å². The fourth-order valence-electron chi connectivity index (χ4n) is 5.93. The van der Waals surface area contributed by atoms with Gasteiger partial charge < -0.3 is 15.7 Å². The first kappa shape index (κ1) is 19.0. The third-order valence-electron chi connectivity index (χ3n) is 7.73. The van der Waals surface area contributed by atoms with Crippen molar-refractivity contribution in [1.82, 2.24) is 30.5 Å². The predicted octanol–water partition coefficient (Wildman–Crippen LogP) is 2.81. The Labute approximate surface area is 187 Å². The molecule has 168 valence electrons. The molecule has 0 spiro atoms. The van der Waals surface area contributed by atoms with E-state index in [0.717, 1.165) is 37.6 Å². The summed E-state index contributed by atoms with van der Waals surface area (Å²) < 4.78 is 14.9. The maximum Gasteiger partial charge on any atom is 0.308 e. The highest BCUT2D eigenvalue weighted by atomic mass is 19.1. The zero-order chi connectivity index (χ0) is 22.3. The molecule has 4 fully saturated rings. The SMILES string of the molecule is O=C(O)C1[C@H]2CC[C@H](C3=CN[C@H]32)[C@@H]1Nc1cc(-c2[nH]nc3ncc(C4CC4)nc23)ncc1F. The summed E-state index contributed by atoms with van der Waals surface area (Å²) in [4.78, 5) is 25.6. The Balaban J connectivity index is 1.26. The largest absolute Gasteiger partial charge is 0.481 e. The molecule has 9 nitrogen and oxygen atoms in total. The first-order valence-corrected chi connectivity index (χ1v) is 11.4. The lowest BCUT2D eigenvalue weighted by Crippen LogP contribution is -2.64. The predicted molar refractivity (Wildman–Crippen MR) is 117 cm³/mol. The number of hydrogen-bond acceptors (Lipinski definition) is 7. The highest BCUT2D eigenvalue weighted by molar-refractivity contribution is 5.86. The van der Waals surface area contributed by atoms with Crippen molar-refractivity contribution in [2.24, 2.45) is 17.8 Å². The molecule has 4 heterocycles. The summed E-state index contributed by atoms with van der Waals surface area (Å²) in [6.07, 6.45) is 8.88. The van der Waals surface area contributed by atoms with Gasteiger partial charge in [0.05, 0.1) is 41.4 Å². The van der Waals surface area contributed by atoms with E-state index in [1.54, 1.807) is 12.3 Å². The van der Waals surface area contributed by atoms with Crippen LogP contribution in [0.3, 0.4) is 0 Å². The number of carboxylic acids is 1. The number of anilines is 1. The molecule has 8 rings (SSSR count). The number of carboxylic acid groups (broad SMARTS) is 1. The van der Waals surface area contributed by atoms with Gasteiger partial charge >= 0.3 is 5.97 Å². The normalized spacial score (nSPS) is 29.7. The average Bonchev–Trinajstić information content (AvgIpc) is 3.54. The van der Waals surface area contributed by atoms with Crippen LogP contribution in [0.4, 0.5) is 10.1 Å². The summed E-state index contributed by atoms with van der Waals surface area (Å²) in [5.74, 6) is -1.44. The topological polar surface area (TPSA) is 129 Å². The van der Waals surface area contributed by atoms with E-state index in [1.807, 2.05) is 6.20 Å². The number of pyridine rings is 1. The lowest BCUT2D eigenvalue weighted by Gasteiger charge is -2.56. The third kappa shape index (κ3) is 2.79. The minimum Gasteiger partial charge on any atom is -0.481 e. The summed E-state index contributed by atoms with van der Waals surface area (Å²) >= 11 is 0. The average molecular weight is 447 g/mol. The number of hydrogen-bond donors (Lipinski definition) is 4. The molecule has 4 saturated carbocycles. The summed E-state index contributed by atoms with van der Waals surface area (Å²) in [7, 11) is 0. The fourth-order valence-corrected chi connectivity index (χ4v) is 5.93. The summed E-state index contributed by atoms with van der Waals surface area (Å²) in [6, 6.07) is 1.37. The van der Waals surface area contributed by atoms with E-state index in [1.165, 1.54) is 5.57 Å². The second-order valence-electron chi connectivity index (χ2n) is 9.56. The Morgan fingerprint density at radius 3 is 2.82 bits per heavy atom. The molecule has 10 heteroatoms. The van der Waals surface area contributed by atoms with Crippen molar-refractivity contribution < 1.29 is 14.3 Å². The lowest BCUT2D eigenvalue weighted by molar-refractivity contribution is -0.148. The van der Waals surface area contributed by atoms with Gasteiger partial charge in [0.2, 0.25) is 0 Å². The summed E-state index contributed by atoms with van der Waals surface area (Å²) in [5, 5.41) is 23.7. The molecule has 0 saturated heterocycles. The monoisotopic (exact) mass is 447 g/mol. The Morgan fingerprint density at radius 1 is 1.18 bits per heavy atom. The van der Waals surface area contributed by atoms with E-state index >= 15 is 0 Å². The van der Waals surface area contributed by atoms with Crippen LogP contribution < -0.4 is 10.6 Å². The lowest BCUT2D eigenvalue weighted by atomic mass is 9.55. The van der Waals surface area contributed by atoms with E-state index in [-0.39, 0.29) is 29.6 Å². The van der Waals surface area contributed by atoms with Crippen LogP contribution in [0, 0.1) is 23.6 Å². The number of halogens is 1. The van der Waals surface area contributed by atoms with Gasteiger partial charge in [-0.05, 0) is 49.4 Å². The maximum absolute atomic E-state index is 14.9. The van der Waals surface area contributed by atoms with Crippen LogP contribution >= 0.6 is 0 Å². The molecule has 0 amide bonds. The van der Waals surface area contributed by atoms with E-state index in [9.17, 15) is 14.3 Å². The van der Waals surface area contributed by atoms with E-state index in [4.69, 9.17) is 4.98 Å². The van der Waals surface area contributed by atoms with Gasteiger partial charge in [0.25, 0.3) is 0 Å². The number of carbonyl (C=O) groups is 1. The van der Waals surface area contributed by atoms with Crippen LogP contribution in [0.15, 0.2) is 30.2 Å². The minimum absolute atomic E-state index is 0.00189. The quantitative estimate of drug-likeness (QED) is 0.470. The number of nitrogens with zero attached hydrogens (tertiary/aromatic N) is 4. The van der Waals surface area contributed by atoms with Crippen LogP contribution in [-0.2, 0) is 4.79 Å². The van der Waals surface area contributed by atoms with Crippen molar-refractivity contribution in [3.8, 4) is 11.4 Å². The van der Waals surface area contributed by atoms with E-state index in [2.05, 4.69) is 30.8 Å². The van der Waals surface area contributed by atoms with Gasteiger partial charge in [0.15, 0.2) is 11.5 Å². The maximum atomic E-state index is 14.9. The first-order valence-electron chi connectivity index (χ1n) is 11.4. The molecule has 3 aromatic rings. The number of aromatic nitrogens is 5. The first-order chi connectivity index (χ1) is 16.1. The highest BCUT2D eigenvalue weighted by Crippen LogP contribution is 2.51. The van der Waals surface area contributed by atoms with Crippen LogP contribution in [0.2, 0.25) is 0 Å². The van der Waals surface area contributed by atoms with Gasteiger partial charge in [0, 0.05) is 17.9 Å². The molecule has 0 radical (unpaired) electrons. The zero-order valence-corrected chi connectivity index (χ0v) is 17.6. The summed E-state index contributed by atoms with van der Waals surface area (Å²) in [5.41, 5.74) is 4.58. The van der Waals surface area contributed by atoms with Crippen molar-refractivity contribution in [2.75, 3.05) is 5.32 Å². The molecule has 0 aromatic carbocycles. The summed E-state index contributed by atoms with van der Waals surface area (Å²) in [6.45, 7) is 0. The van der Waals surface area contributed by atoms with Gasteiger partial charge in [-0.2, -0.15) is 5.10 Å². The molecule has 3 aromatic heterocycles. The number of nitrogens with one attached hydrogen (secondary N) is 3. The number of H-pyrrole nitrogens is 1. The van der Waals surface area contributed by atoms with Gasteiger partial charge in [0.1, 0.15) is 11.2 Å². The standard InChI is InChI=1S/C23H22FN7O2/c24-13-7-25-15(20-21-22(31-30-20)27-8-16(29-21)9-1-2-9)5-14(13)28-19-10-3-4-11(17(19)23(32)33)18-12(10)6-26-18/h5-11,17-19,26H,1-4H2,(H,25,28)(H,32,33)(H,27,30,31)/t10-,11-,17?,18+,19+/m1/s1. The molecule has 2 bridgehead atoms. The van der Waals surface area contributed by atoms with E-state index < -0.39 is 17.7 Å². The van der Waals surface area contributed by atoms with Crippen LogP contribution in [0.25, 0.3) is 22.6 Å². The van der Waals surface area contributed by atoms with Crippen molar-refractivity contribution >= 4 is 22.8 Å². The number of aromatic amines is 1. The molecule has 4 N–H and O–H groups in total. The van der Waals surface area contributed by atoms with Crippen molar-refractivity contribution in [3.63, 3.8) is 0 Å². The van der Waals surface area contributed by atoms with Crippen LogP contribution in [0.5, 0.6) is 0 Å². The molecular formula is C23H22FN7O2. The molecule has 5 aliphatic rings. The number of rotatable bonds is 5. The molecule has 1 aliphatic heterocycles. The van der Waals surface area contributed by atoms with Crippen molar-refractivity contribution in [1.29, 1.82) is 0 Å². The molecule has 5 atom stereocenters. The van der Waals surface area contributed by atoms with Crippen LogP contribution in [-0.4, -0.2) is 48.3 Å². The van der Waals surface area contributed by atoms with Gasteiger partial charge in [-0.1, -0.05) is 0 Å². The minimum atomic E-state index is -0.841. The van der Waals surface area contributed by atoms with Crippen molar-refractivity contribution in [3.05, 3.63) is 41.7 Å². The Bertz CT molecular complexity index is 1330. The Kier molecular flexibility index (Phi) is 3.86. The second kappa shape index (κ2) is 6.72. The molecule has 1 unspecified atom stereocenters. The Morgan fingerprint density at radius 2 is 2.06 bits per heavy atom. The Hall–Kier alpha value is -3.56. The number of fused-ring (bicyclic) bond motifs is 3. The highest BCUT2D eigenvalue weighted by Gasteiger charge is 2.56. The number of aliphatic carboxylic acids is 1. The third-order valence-corrected chi connectivity index (χ3v) is 7.73. The molecule has 33 heavy (non-hydrogen) atoms. The molecular weight excluding hydrogens is 425 g/mol. The fraction of sp³-hybridized carbons (Fsp3) is 0.435. The molecule has 4 aliphatic carbocycles. The zero-order valence-electron chi connectivity index (χ0n) is 17.6. The van der Waals surface area contributed by atoms with Crippen molar-refractivity contribution in [2.45, 2.75) is 43.7 Å². The van der Waals surface area contributed by atoms with Crippen LogP contribution in [0.1, 0.15) is 37.3 Å². The van der Waals surface area contributed by atoms with Gasteiger partial charge in [-0.25, -0.2) is 14.4 Å².